The maximum Gasteiger partial charge on any atom is 0.237 e. The number of amides is 1. The molecule has 0 aliphatic carbocycles. The molecule has 1 aromatic carbocycles. The first-order chi connectivity index (χ1) is 11.1. The quantitative estimate of drug-likeness (QED) is 0.736. The van der Waals surface area contributed by atoms with E-state index in [9.17, 15) is 4.79 Å². The van der Waals surface area contributed by atoms with Crippen LogP contribution in [0.1, 0.15) is 12.6 Å². The number of benzene rings is 1. The standard InChI is InChI=1S/C18H17N3OS/c1-12-11-16(14-7-3-4-8-15(14)20-12)21-18(22)13(2)23-17-9-5-6-10-19-17/h3-11,13H,1-2H3,(H,20,21,22). The Morgan fingerprint density at radius 3 is 2.74 bits per heavy atom. The fourth-order valence-corrected chi connectivity index (χ4v) is 3.10. The van der Waals surface area contributed by atoms with Crippen molar-refractivity contribution in [2.75, 3.05) is 5.32 Å². The molecule has 1 unspecified atom stereocenters. The SMILES string of the molecule is Cc1cc(NC(=O)C(C)Sc2ccccn2)c2ccccc2n1. The molecule has 2 aromatic heterocycles. The number of rotatable bonds is 4. The van der Waals surface area contributed by atoms with Crippen LogP contribution in [0.2, 0.25) is 0 Å². The minimum absolute atomic E-state index is 0.0450. The zero-order chi connectivity index (χ0) is 16.2. The summed E-state index contributed by atoms with van der Waals surface area (Å²) in [5.74, 6) is -0.0450. The molecule has 5 heteroatoms. The van der Waals surface area contributed by atoms with E-state index in [1.165, 1.54) is 11.8 Å². The van der Waals surface area contributed by atoms with E-state index in [0.717, 1.165) is 27.3 Å². The molecule has 0 fully saturated rings. The molecule has 2 heterocycles. The van der Waals surface area contributed by atoms with Gasteiger partial charge in [-0.3, -0.25) is 9.78 Å². The number of pyridine rings is 2. The highest BCUT2D eigenvalue weighted by Crippen LogP contribution is 2.25. The molecule has 1 N–H and O–H groups in total. The van der Waals surface area contributed by atoms with Gasteiger partial charge in [-0.2, -0.15) is 0 Å². The Balaban J connectivity index is 1.80. The van der Waals surface area contributed by atoms with Crippen LogP contribution in [0.4, 0.5) is 5.69 Å². The fourth-order valence-electron chi connectivity index (χ4n) is 2.30. The smallest absolute Gasteiger partial charge is 0.237 e. The number of anilines is 1. The molecule has 0 aliphatic heterocycles. The number of aryl methyl sites for hydroxylation is 1. The second-order valence-electron chi connectivity index (χ2n) is 5.25. The maximum atomic E-state index is 12.5. The number of hydrogen-bond acceptors (Lipinski definition) is 4. The first-order valence-corrected chi connectivity index (χ1v) is 8.26. The molecule has 4 nitrogen and oxygen atoms in total. The number of aromatic nitrogens is 2. The van der Waals surface area contributed by atoms with Gasteiger partial charge in [-0.25, -0.2) is 4.98 Å². The Kier molecular flexibility index (Phi) is 4.57. The zero-order valence-corrected chi connectivity index (χ0v) is 13.8. The highest BCUT2D eigenvalue weighted by Gasteiger charge is 2.16. The lowest BCUT2D eigenvalue weighted by molar-refractivity contribution is -0.115. The van der Waals surface area contributed by atoms with Crippen LogP contribution in [0, 0.1) is 6.92 Å². The summed E-state index contributed by atoms with van der Waals surface area (Å²) >= 11 is 1.44. The molecule has 3 rings (SSSR count). The third kappa shape index (κ3) is 3.68. The summed E-state index contributed by atoms with van der Waals surface area (Å²) in [5, 5.41) is 4.56. The van der Waals surface area contributed by atoms with Gasteiger partial charge in [0, 0.05) is 17.3 Å². The average molecular weight is 323 g/mol. The lowest BCUT2D eigenvalue weighted by Crippen LogP contribution is -2.22. The molecule has 0 aliphatic rings. The summed E-state index contributed by atoms with van der Waals surface area (Å²) in [7, 11) is 0. The topological polar surface area (TPSA) is 54.9 Å². The summed E-state index contributed by atoms with van der Waals surface area (Å²) in [6.07, 6.45) is 1.73. The molecule has 3 aromatic rings. The van der Waals surface area contributed by atoms with Gasteiger partial charge in [0.05, 0.1) is 21.5 Å². The second kappa shape index (κ2) is 6.79. The van der Waals surface area contributed by atoms with Crippen LogP contribution in [-0.4, -0.2) is 21.1 Å². The molecule has 1 amide bonds. The van der Waals surface area contributed by atoms with E-state index in [2.05, 4.69) is 15.3 Å². The Bertz CT molecular complexity index is 836. The van der Waals surface area contributed by atoms with Gasteiger partial charge in [-0.1, -0.05) is 36.0 Å². The van der Waals surface area contributed by atoms with E-state index >= 15 is 0 Å². The average Bonchev–Trinajstić information content (AvgIpc) is 2.55. The molecular weight excluding hydrogens is 306 g/mol. The number of carbonyl (C=O) groups excluding carboxylic acids is 1. The van der Waals surface area contributed by atoms with Gasteiger partial charge < -0.3 is 5.32 Å². The molecule has 0 radical (unpaired) electrons. The Morgan fingerprint density at radius 1 is 1.17 bits per heavy atom. The van der Waals surface area contributed by atoms with Gasteiger partial charge in [0.1, 0.15) is 0 Å². The predicted molar refractivity (Wildman–Crippen MR) is 94.7 cm³/mol. The largest absolute Gasteiger partial charge is 0.324 e. The van der Waals surface area contributed by atoms with Crippen molar-refractivity contribution in [2.24, 2.45) is 0 Å². The van der Waals surface area contributed by atoms with Crippen LogP contribution < -0.4 is 5.32 Å². The van der Waals surface area contributed by atoms with E-state index in [-0.39, 0.29) is 11.2 Å². The Hall–Kier alpha value is -2.40. The van der Waals surface area contributed by atoms with Crippen LogP contribution in [0.5, 0.6) is 0 Å². The summed E-state index contributed by atoms with van der Waals surface area (Å²) < 4.78 is 0. The van der Waals surface area contributed by atoms with Gasteiger partial charge >= 0.3 is 0 Å². The van der Waals surface area contributed by atoms with Crippen LogP contribution in [-0.2, 0) is 4.79 Å². The minimum Gasteiger partial charge on any atom is -0.324 e. The highest BCUT2D eigenvalue weighted by atomic mass is 32.2. The number of thioether (sulfide) groups is 1. The van der Waals surface area contributed by atoms with Gasteiger partial charge in [-0.05, 0) is 38.1 Å². The minimum atomic E-state index is -0.239. The normalized spacial score (nSPS) is 12.1. The fraction of sp³-hybridized carbons (Fsp3) is 0.167. The summed E-state index contributed by atoms with van der Waals surface area (Å²) in [6, 6.07) is 15.4. The lowest BCUT2D eigenvalue weighted by atomic mass is 10.1. The van der Waals surface area contributed by atoms with Gasteiger partial charge in [0.15, 0.2) is 0 Å². The highest BCUT2D eigenvalue weighted by molar-refractivity contribution is 8.00. The lowest BCUT2D eigenvalue weighted by Gasteiger charge is -2.13. The van der Waals surface area contributed by atoms with Crippen molar-refractivity contribution < 1.29 is 4.79 Å². The van der Waals surface area contributed by atoms with E-state index in [0.29, 0.717) is 0 Å². The van der Waals surface area contributed by atoms with Gasteiger partial charge in [-0.15, -0.1) is 0 Å². The van der Waals surface area contributed by atoms with Crippen LogP contribution in [0.15, 0.2) is 59.8 Å². The van der Waals surface area contributed by atoms with E-state index in [1.54, 1.807) is 6.20 Å². The van der Waals surface area contributed by atoms with Crippen molar-refractivity contribution in [2.45, 2.75) is 24.1 Å². The van der Waals surface area contributed by atoms with Gasteiger partial charge in [0.2, 0.25) is 5.91 Å². The summed E-state index contributed by atoms with van der Waals surface area (Å²) in [5.41, 5.74) is 2.56. The molecule has 0 bridgehead atoms. The molecular formula is C18H17N3OS. The summed E-state index contributed by atoms with van der Waals surface area (Å²) in [6.45, 7) is 3.80. The number of para-hydroxylation sites is 1. The maximum absolute atomic E-state index is 12.5. The van der Waals surface area contributed by atoms with Crippen molar-refractivity contribution in [3.63, 3.8) is 0 Å². The molecule has 0 saturated heterocycles. The third-order valence-electron chi connectivity index (χ3n) is 3.41. The third-order valence-corrected chi connectivity index (χ3v) is 4.46. The van der Waals surface area contributed by atoms with Gasteiger partial charge in [0.25, 0.3) is 0 Å². The molecule has 23 heavy (non-hydrogen) atoms. The van der Waals surface area contributed by atoms with Crippen molar-refractivity contribution in [3.8, 4) is 0 Å². The Labute approximate surface area is 139 Å². The molecule has 0 saturated carbocycles. The number of nitrogens with zero attached hydrogens (tertiary/aromatic N) is 2. The monoisotopic (exact) mass is 323 g/mol. The van der Waals surface area contributed by atoms with Crippen LogP contribution in [0.3, 0.4) is 0 Å². The number of nitrogens with one attached hydrogen (secondary N) is 1. The van der Waals surface area contributed by atoms with Crippen molar-refractivity contribution in [3.05, 3.63) is 60.4 Å². The van der Waals surface area contributed by atoms with Crippen LogP contribution in [0.25, 0.3) is 10.9 Å². The summed E-state index contributed by atoms with van der Waals surface area (Å²) in [4.78, 5) is 21.2. The molecule has 0 spiro atoms. The predicted octanol–water partition coefficient (Wildman–Crippen LogP) is 4.06. The van der Waals surface area contributed by atoms with E-state index < -0.39 is 0 Å². The number of hydrogen-bond donors (Lipinski definition) is 1. The van der Waals surface area contributed by atoms with Crippen LogP contribution >= 0.6 is 11.8 Å². The first-order valence-electron chi connectivity index (χ1n) is 7.38. The van der Waals surface area contributed by atoms with E-state index in [4.69, 9.17) is 0 Å². The molecule has 116 valence electrons. The Morgan fingerprint density at radius 2 is 1.96 bits per heavy atom. The van der Waals surface area contributed by atoms with E-state index in [1.807, 2.05) is 62.4 Å². The zero-order valence-electron chi connectivity index (χ0n) is 13.0. The number of carbonyl (C=O) groups is 1. The number of fused-ring (bicyclic) bond motifs is 1. The van der Waals surface area contributed by atoms with Crippen molar-refractivity contribution in [1.82, 2.24) is 9.97 Å². The van der Waals surface area contributed by atoms with Crippen molar-refractivity contribution in [1.29, 1.82) is 0 Å². The molecule has 1 atom stereocenters. The first kappa shape index (κ1) is 15.5. The van der Waals surface area contributed by atoms with Crippen molar-refractivity contribution >= 4 is 34.3 Å². The second-order valence-corrected chi connectivity index (χ2v) is 6.61.